The first-order chi connectivity index (χ1) is 13.1. The third kappa shape index (κ3) is 5.11. The van der Waals surface area contributed by atoms with Gasteiger partial charge in [0, 0.05) is 33.7 Å². The number of rotatable bonds is 8. The maximum absolute atomic E-state index is 12.9. The molecule has 158 valence electrons. The van der Waals surface area contributed by atoms with Gasteiger partial charge in [-0.15, -0.1) is 0 Å². The second kappa shape index (κ2) is 9.34. The Labute approximate surface area is 168 Å². The van der Waals surface area contributed by atoms with Crippen LogP contribution in [-0.4, -0.2) is 65.1 Å². The molecule has 8 nitrogen and oxygen atoms in total. The van der Waals surface area contributed by atoms with Crippen molar-refractivity contribution in [3.05, 3.63) is 24.3 Å². The highest BCUT2D eigenvalue weighted by Gasteiger charge is 2.33. The molecule has 1 aromatic rings. The van der Waals surface area contributed by atoms with Gasteiger partial charge in [0.15, 0.2) is 0 Å². The van der Waals surface area contributed by atoms with Gasteiger partial charge in [-0.05, 0) is 43.5 Å². The van der Waals surface area contributed by atoms with Crippen LogP contribution in [-0.2, 0) is 24.8 Å². The SMILES string of the molecule is CCCCNC(=O)C1CCCN(S(=O)(=O)c2ccc(S(=O)(=O)N(C)C)cc2)C1. The molecule has 1 amide bonds. The highest BCUT2D eigenvalue weighted by molar-refractivity contribution is 7.89. The molecule has 0 bridgehead atoms. The molecule has 28 heavy (non-hydrogen) atoms. The third-order valence-electron chi connectivity index (χ3n) is 4.82. The van der Waals surface area contributed by atoms with Crippen molar-refractivity contribution in [2.24, 2.45) is 5.92 Å². The highest BCUT2D eigenvalue weighted by Crippen LogP contribution is 2.25. The number of hydrogen-bond donors (Lipinski definition) is 1. The summed E-state index contributed by atoms with van der Waals surface area (Å²) >= 11 is 0. The molecule has 0 aliphatic carbocycles. The lowest BCUT2D eigenvalue weighted by Gasteiger charge is -2.31. The summed E-state index contributed by atoms with van der Waals surface area (Å²) in [4.78, 5) is 12.4. The molecule has 10 heteroatoms. The monoisotopic (exact) mass is 431 g/mol. The van der Waals surface area contributed by atoms with Gasteiger partial charge in [-0.2, -0.15) is 4.31 Å². The van der Waals surface area contributed by atoms with Crippen molar-refractivity contribution < 1.29 is 21.6 Å². The average molecular weight is 432 g/mol. The van der Waals surface area contributed by atoms with Gasteiger partial charge >= 0.3 is 0 Å². The number of piperidine rings is 1. The fraction of sp³-hybridized carbons (Fsp3) is 0.611. The molecule has 1 saturated heterocycles. The van der Waals surface area contributed by atoms with E-state index in [0.717, 1.165) is 17.1 Å². The maximum Gasteiger partial charge on any atom is 0.243 e. The lowest BCUT2D eigenvalue weighted by Crippen LogP contribution is -2.45. The summed E-state index contributed by atoms with van der Waals surface area (Å²) in [5.74, 6) is -0.477. The van der Waals surface area contributed by atoms with E-state index in [1.54, 1.807) is 0 Å². The summed E-state index contributed by atoms with van der Waals surface area (Å²) < 4.78 is 52.6. The standard InChI is InChI=1S/C18H29N3O5S2/c1-4-5-12-19-18(22)15-7-6-13-21(14-15)28(25,26)17-10-8-16(9-11-17)27(23,24)20(2)3/h8-11,15H,4-7,12-14H2,1-3H3,(H,19,22). The smallest absolute Gasteiger partial charge is 0.243 e. The van der Waals surface area contributed by atoms with Crippen LogP contribution in [0, 0.1) is 5.92 Å². The van der Waals surface area contributed by atoms with E-state index < -0.39 is 20.0 Å². The van der Waals surface area contributed by atoms with E-state index >= 15 is 0 Å². The van der Waals surface area contributed by atoms with Gasteiger partial charge in [0.2, 0.25) is 26.0 Å². The molecule has 1 unspecified atom stereocenters. The van der Waals surface area contributed by atoms with E-state index in [1.165, 1.54) is 42.7 Å². The van der Waals surface area contributed by atoms with Gasteiger partial charge in [-0.1, -0.05) is 13.3 Å². The van der Waals surface area contributed by atoms with Crippen LogP contribution in [0.3, 0.4) is 0 Å². The molecule has 1 aliphatic rings. The van der Waals surface area contributed by atoms with Crippen molar-refractivity contribution >= 4 is 26.0 Å². The number of amides is 1. The summed E-state index contributed by atoms with van der Waals surface area (Å²) in [6.45, 7) is 3.12. The van der Waals surface area contributed by atoms with Crippen molar-refractivity contribution in [3.8, 4) is 0 Å². The number of sulfonamides is 2. The van der Waals surface area contributed by atoms with Crippen LogP contribution < -0.4 is 5.32 Å². The number of benzene rings is 1. The van der Waals surface area contributed by atoms with E-state index in [9.17, 15) is 21.6 Å². The first-order valence-electron chi connectivity index (χ1n) is 9.41. The second-order valence-electron chi connectivity index (χ2n) is 7.11. The number of hydrogen-bond acceptors (Lipinski definition) is 5. The van der Waals surface area contributed by atoms with Crippen LogP contribution in [0.1, 0.15) is 32.6 Å². The number of carbonyl (C=O) groups is 1. The lowest BCUT2D eigenvalue weighted by molar-refractivity contribution is -0.126. The molecular formula is C18H29N3O5S2. The minimum atomic E-state index is -3.79. The Kier molecular flexibility index (Phi) is 7.60. The Morgan fingerprint density at radius 3 is 2.32 bits per heavy atom. The Hall–Kier alpha value is -1.49. The number of unbranched alkanes of at least 4 members (excludes halogenated alkanes) is 1. The summed E-state index contributed by atoms with van der Waals surface area (Å²) in [6, 6.07) is 5.19. The first-order valence-corrected chi connectivity index (χ1v) is 12.3. The quantitative estimate of drug-likeness (QED) is 0.624. The molecule has 0 spiro atoms. The van der Waals surface area contributed by atoms with Gasteiger partial charge in [-0.3, -0.25) is 4.79 Å². The van der Waals surface area contributed by atoms with Gasteiger partial charge in [0.05, 0.1) is 15.7 Å². The van der Waals surface area contributed by atoms with E-state index in [0.29, 0.717) is 25.9 Å². The topological polar surface area (TPSA) is 104 Å². The van der Waals surface area contributed by atoms with Crippen molar-refractivity contribution in [1.82, 2.24) is 13.9 Å². The molecule has 1 heterocycles. The van der Waals surface area contributed by atoms with Crippen LogP contribution in [0.4, 0.5) is 0 Å². The van der Waals surface area contributed by atoms with Crippen molar-refractivity contribution in [2.75, 3.05) is 33.7 Å². The zero-order chi connectivity index (χ0) is 20.9. The summed E-state index contributed by atoms with van der Waals surface area (Å²) in [5, 5.41) is 2.87. The Morgan fingerprint density at radius 2 is 1.75 bits per heavy atom. The summed E-state index contributed by atoms with van der Waals surface area (Å²) in [7, 11) is -4.58. The van der Waals surface area contributed by atoms with Gasteiger partial charge < -0.3 is 5.32 Å². The van der Waals surface area contributed by atoms with Gasteiger partial charge in [0.1, 0.15) is 0 Å². The van der Waals surface area contributed by atoms with E-state index in [2.05, 4.69) is 5.32 Å². The fourth-order valence-electron chi connectivity index (χ4n) is 3.05. The number of nitrogens with zero attached hydrogens (tertiary/aromatic N) is 2. The van der Waals surface area contributed by atoms with Crippen LogP contribution >= 0.6 is 0 Å². The molecule has 1 aliphatic heterocycles. The molecule has 1 atom stereocenters. The Bertz CT molecular complexity index is 880. The average Bonchev–Trinajstić information content (AvgIpc) is 2.68. The van der Waals surface area contributed by atoms with Gasteiger partial charge in [0.25, 0.3) is 0 Å². The zero-order valence-corrected chi connectivity index (χ0v) is 18.2. The minimum Gasteiger partial charge on any atom is -0.356 e. The maximum atomic E-state index is 12.9. The number of nitrogens with one attached hydrogen (secondary N) is 1. The van der Waals surface area contributed by atoms with Crippen LogP contribution in [0.2, 0.25) is 0 Å². The van der Waals surface area contributed by atoms with Crippen molar-refractivity contribution in [2.45, 2.75) is 42.4 Å². The molecule has 1 N–H and O–H groups in total. The van der Waals surface area contributed by atoms with E-state index in [-0.39, 0.29) is 28.2 Å². The molecule has 0 saturated carbocycles. The Balaban J connectivity index is 2.14. The van der Waals surface area contributed by atoms with Crippen molar-refractivity contribution in [1.29, 1.82) is 0 Å². The second-order valence-corrected chi connectivity index (χ2v) is 11.2. The highest BCUT2D eigenvalue weighted by atomic mass is 32.2. The Morgan fingerprint density at radius 1 is 1.14 bits per heavy atom. The zero-order valence-electron chi connectivity index (χ0n) is 16.6. The molecule has 0 radical (unpaired) electrons. The fourth-order valence-corrected chi connectivity index (χ4v) is 5.48. The number of carbonyl (C=O) groups excluding carboxylic acids is 1. The molecular weight excluding hydrogens is 402 g/mol. The largest absolute Gasteiger partial charge is 0.356 e. The summed E-state index contributed by atoms with van der Waals surface area (Å²) in [6.07, 6.45) is 3.13. The van der Waals surface area contributed by atoms with Gasteiger partial charge in [-0.25, -0.2) is 21.1 Å². The van der Waals surface area contributed by atoms with Crippen LogP contribution in [0.15, 0.2) is 34.1 Å². The van der Waals surface area contributed by atoms with E-state index in [1.807, 2.05) is 6.92 Å². The van der Waals surface area contributed by atoms with Crippen molar-refractivity contribution in [3.63, 3.8) is 0 Å². The molecule has 2 rings (SSSR count). The normalized spacial score (nSPS) is 18.9. The predicted molar refractivity (Wildman–Crippen MR) is 107 cm³/mol. The molecule has 1 aromatic carbocycles. The predicted octanol–water partition coefficient (Wildman–Crippen LogP) is 1.25. The first kappa shape index (κ1) is 22.8. The lowest BCUT2D eigenvalue weighted by atomic mass is 9.99. The van der Waals surface area contributed by atoms with E-state index in [4.69, 9.17) is 0 Å². The third-order valence-corrected chi connectivity index (χ3v) is 8.53. The van der Waals surface area contributed by atoms with Crippen LogP contribution in [0.5, 0.6) is 0 Å². The molecule has 0 aromatic heterocycles. The molecule has 1 fully saturated rings. The van der Waals surface area contributed by atoms with Crippen LogP contribution in [0.25, 0.3) is 0 Å². The minimum absolute atomic E-state index is 0.0252. The summed E-state index contributed by atoms with van der Waals surface area (Å²) in [5.41, 5.74) is 0.